The maximum absolute atomic E-state index is 10.3. The Morgan fingerprint density at radius 2 is 2.32 bits per heavy atom. The van der Waals surface area contributed by atoms with Gasteiger partial charge in [0.1, 0.15) is 0 Å². The second kappa shape index (κ2) is 5.80. The van der Waals surface area contributed by atoms with Crippen LogP contribution in [-0.4, -0.2) is 30.2 Å². The van der Waals surface area contributed by atoms with E-state index in [-0.39, 0.29) is 11.7 Å². The van der Waals surface area contributed by atoms with Gasteiger partial charge in [-0.25, -0.2) is 0 Å². The van der Waals surface area contributed by atoms with E-state index in [2.05, 4.69) is 34.0 Å². The van der Waals surface area contributed by atoms with Gasteiger partial charge >= 0.3 is 0 Å². The van der Waals surface area contributed by atoms with E-state index < -0.39 is 0 Å². The number of halogens is 1. The predicted molar refractivity (Wildman–Crippen MR) is 80.8 cm³/mol. The number of phenolic OH excluding ortho intramolecular Hbond substituents is 1. The summed E-state index contributed by atoms with van der Waals surface area (Å²) in [5.74, 6) is 0.814. The summed E-state index contributed by atoms with van der Waals surface area (Å²) in [4.78, 5) is 2.28. The van der Waals surface area contributed by atoms with Crippen molar-refractivity contribution in [1.82, 2.24) is 4.90 Å². The fourth-order valence-electron chi connectivity index (χ4n) is 2.56. The summed E-state index contributed by atoms with van der Waals surface area (Å²) < 4.78 is 6.17. The highest BCUT2D eigenvalue weighted by atomic mass is 79.9. The minimum Gasteiger partial charge on any atom is -0.504 e. The molecule has 0 spiro atoms. The van der Waals surface area contributed by atoms with Crippen molar-refractivity contribution >= 4 is 15.9 Å². The third-order valence-electron chi connectivity index (χ3n) is 3.46. The van der Waals surface area contributed by atoms with Crippen LogP contribution in [0.5, 0.6) is 11.5 Å². The molecule has 2 rings (SSSR count). The van der Waals surface area contributed by atoms with Crippen molar-refractivity contribution < 1.29 is 9.84 Å². The molecule has 0 fully saturated rings. The molecule has 3 nitrogen and oxygen atoms in total. The molecule has 1 aliphatic rings. The van der Waals surface area contributed by atoms with Gasteiger partial charge in [0.15, 0.2) is 11.5 Å². The molecule has 0 aromatic heterocycles. The number of rotatable bonds is 4. The normalized spacial score (nSPS) is 18.7. The van der Waals surface area contributed by atoms with Crippen LogP contribution >= 0.6 is 15.9 Å². The molecule has 0 saturated heterocycles. The minimum absolute atomic E-state index is 0.0927. The number of ether oxygens (including phenoxy) is 1. The molecule has 1 aliphatic heterocycles. The molecule has 1 atom stereocenters. The summed E-state index contributed by atoms with van der Waals surface area (Å²) in [7, 11) is 1.56. The number of nitrogens with zero attached hydrogens (tertiary/aromatic N) is 1. The van der Waals surface area contributed by atoms with Crippen molar-refractivity contribution in [3.8, 4) is 11.5 Å². The van der Waals surface area contributed by atoms with Crippen molar-refractivity contribution in [1.29, 1.82) is 0 Å². The molecule has 0 aliphatic carbocycles. The first-order valence-electron chi connectivity index (χ1n) is 6.16. The van der Waals surface area contributed by atoms with E-state index in [1.54, 1.807) is 7.11 Å². The van der Waals surface area contributed by atoms with Crippen LogP contribution < -0.4 is 4.74 Å². The van der Waals surface area contributed by atoms with Crippen LogP contribution in [0.25, 0.3) is 0 Å². The van der Waals surface area contributed by atoms with Crippen LogP contribution in [0.3, 0.4) is 0 Å². The second-order valence-corrected chi connectivity index (χ2v) is 5.48. The lowest BCUT2D eigenvalue weighted by Crippen LogP contribution is -2.33. The Hall–Kier alpha value is -1.26. The van der Waals surface area contributed by atoms with E-state index in [0.29, 0.717) is 5.75 Å². The number of benzene rings is 1. The Balaban J connectivity index is 2.54. The first kappa shape index (κ1) is 14.2. The topological polar surface area (TPSA) is 32.7 Å². The van der Waals surface area contributed by atoms with E-state index in [1.807, 2.05) is 18.2 Å². The molecule has 1 N–H and O–H groups in total. The van der Waals surface area contributed by atoms with E-state index in [9.17, 15) is 5.11 Å². The zero-order valence-corrected chi connectivity index (χ0v) is 12.6. The number of aromatic hydroxyl groups is 1. The first-order chi connectivity index (χ1) is 9.12. The van der Waals surface area contributed by atoms with Crippen LogP contribution in [-0.2, 0) is 6.54 Å². The number of hydrogen-bond acceptors (Lipinski definition) is 3. The Morgan fingerprint density at radius 3 is 2.89 bits per heavy atom. The van der Waals surface area contributed by atoms with Gasteiger partial charge in [-0.15, -0.1) is 13.2 Å². The third kappa shape index (κ3) is 2.55. The largest absolute Gasteiger partial charge is 0.504 e. The van der Waals surface area contributed by atoms with Gasteiger partial charge in [-0.3, -0.25) is 4.90 Å². The molecule has 0 bridgehead atoms. The summed E-state index contributed by atoms with van der Waals surface area (Å²) >= 11 is 3.57. The highest BCUT2D eigenvalue weighted by molar-refractivity contribution is 9.10. The Kier molecular flexibility index (Phi) is 4.32. The molecular formula is C15H18BrNO2. The summed E-state index contributed by atoms with van der Waals surface area (Å²) in [5, 5.41) is 10.3. The molecular weight excluding hydrogens is 306 g/mol. The Bertz CT molecular complexity index is 513. The smallest absolute Gasteiger partial charge is 0.161 e. The molecule has 102 valence electrons. The van der Waals surface area contributed by atoms with Gasteiger partial charge in [0.25, 0.3) is 0 Å². The lowest BCUT2D eigenvalue weighted by atomic mass is 9.88. The maximum atomic E-state index is 10.3. The molecule has 19 heavy (non-hydrogen) atoms. The highest BCUT2D eigenvalue weighted by Gasteiger charge is 2.29. The number of phenols is 1. The number of fused-ring (bicyclic) bond motifs is 1. The van der Waals surface area contributed by atoms with Crippen molar-refractivity contribution in [3.05, 3.63) is 47.0 Å². The number of methoxy groups -OCH3 is 1. The van der Waals surface area contributed by atoms with Gasteiger partial charge < -0.3 is 9.84 Å². The molecule has 1 aromatic carbocycles. The average molecular weight is 324 g/mol. The van der Waals surface area contributed by atoms with Crippen molar-refractivity contribution in [2.75, 3.05) is 20.2 Å². The fourth-order valence-corrected chi connectivity index (χ4v) is 3.11. The molecule has 0 amide bonds. The van der Waals surface area contributed by atoms with E-state index in [1.165, 1.54) is 0 Å². The van der Waals surface area contributed by atoms with Crippen molar-refractivity contribution in [3.63, 3.8) is 0 Å². The quantitative estimate of drug-likeness (QED) is 0.861. The lowest BCUT2D eigenvalue weighted by molar-refractivity contribution is 0.262. The van der Waals surface area contributed by atoms with Crippen LogP contribution in [0, 0.1) is 0 Å². The van der Waals surface area contributed by atoms with E-state index in [0.717, 1.165) is 35.2 Å². The highest BCUT2D eigenvalue weighted by Crippen LogP contribution is 2.44. The van der Waals surface area contributed by atoms with Gasteiger partial charge in [-0.2, -0.15) is 0 Å². The van der Waals surface area contributed by atoms with Crippen LogP contribution in [0.4, 0.5) is 0 Å². The predicted octanol–water partition coefficient (Wildman–Crippen LogP) is 3.43. The molecule has 1 heterocycles. The van der Waals surface area contributed by atoms with Gasteiger partial charge in [0.2, 0.25) is 0 Å². The monoisotopic (exact) mass is 323 g/mol. The molecule has 0 unspecified atom stereocenters. The Morgan fingerprint density at radius 1 is 1.58 bits per heavy atom. The van der Waals surface area contributed by atoms with Gasteiger partial charge in [-0.1, -0.05) is 28.1 Å². The standard InChI is InChI=1S/C15H18BrNO2/c1-4-6-17-8-10(5-2)14-11(9-17)12(16)7-13(19-3)15(14)18/h4-5,7,10,18H,1-2,6,8-9H2,3H3/t10-/m0/s1. The zero-order valence-electron chi connectivity index (χ0n) is 11.0. The van der Waals surface area contributed by atoms with Gasteiger partial charge in [0.05, 0.1) is 7.11 Å². The lowest BCUT2D eigenvalue weighted by Gasteiger charge is -2.34. The van der Waals surface area contributed by atoms with Crippen LogP contribution in [0.15, 0.2) is 35.8 Å². The molecule has 0 radical (unpaired) electrons. The molecule has 1 aromatic rings. The van der Waals surface area contributed by atoms with Crippen LogP contribution in [0.1, 0.15) is 17.0 Å². The summed E-state index contributed by atoms with van der Waals surface area (Å²) in [6.45, 7) is 10.1. The van der Waals surface area contributed by atoms with E-state index >= 15 is 0 Å². The summed E-state index contributed by atoms with van der Waals surface area (Å²) in [6, 6.07) is 1.81. The Labute approximate surface area is 122 Å². The van der Waals surface area contributed by atoms with Gasteiger partial charge in [-0.05, 0) is 11.6 Å². The molecule has 4 heteroatoms. The summed E-state index contributed by atoms with van der Waals surface area (Å²) in [5.41, 5.74) is 2.01. The fraction of sp³-hybridized carbons (Fsp3) is 0.333. The summed E-state index contributed by atoms with van der Waals surface area (Å²) in [6.07, 6.45) is 3.77. The van der Waals surface area contributed by atoms with Crippen molar-refractivity contribution in [2.24, 2.45) is 0 Å². The second-order valence-electron chi connectivity index (χ2n) is 4.63. The van der Waals surface area contributed by atoms with Gasteiger partial charge in [0, 0.05) is 35.6 Å². The first-order valence-corrected chi connectivity index (χ1v) is 6.95. The average Bonchev–Trinajstić information content (AvgIpc) is 2.42. The van der Waals surface area contributed by atoms with Crippen molar-refractivity contribution in [2.45, 2.75) is 12.5 Å². The molecule has 0 saturated carbocycles. The van der Waals surface area contributed by atoms with E-state index in [4.69, 9.17) is 4.74 Å². The number of hydrogen-bond donors (Lipinski definition) is 1. The van der Waals surface area contributed by atoms with Crippen LogP contribution in [0.2, 0.25) is 0 Å². The maximum Gasteiger partial charge on any atom is 0.161 e. The SMILES string of the molecule is C=CCN1Cc2c(Br)cc(OC)c(O)c2[C@@H](C=C)C1. The zero-order chi connectivity index (χ0) is 14.0. The minimum atomic E-state index is 0.0927. The third-order valence-corrected chi connectivity index (χ3v) is 4.17.